The Labute approximate surface area is 133 Å². The van der Waals surface area contributed by atoms with E-state index in [4.69, 9.17) is 0 Å². The van der Waals surface area contributed by atoms with Gasteiger partial charge in [0, 0.05) is 26.2 Å². The molecule has 1 N–H and O–H groups in total. The zero-order chi connectivity index (χ0) is 15.8. The number of carbonyl (C=O) groups excluding carboxylic acids is 1. The maximum absolute atomic E-state index is 12.3. The van der Waals surface area contributed by atoms with Gasteiger partial charge in [0.05, 0.1) is 11.9 Å². The van der Waals surface area contributed by atoms with Crippen molar-refractivity contribution in [3.8, 4) is 0 Å². The molecule has 0 spiro atoms. The molecule has 0 bridgehead atoms. The van der Waals surface area contributed by atoms with E-state index in [1.54, 1.807) is 6.20 Å². The van der Waals surface area contributed by atoms with Crippen molar-refractivity contribution in [1.29, 1.82) is 0 Å². The average molecular weight is 304 g/mol. The SMILES string of the molecule is CCN(CC)c1ccc(NC(=O)N2CCCCCCC2)cn1. The summed E-state index contributed by atoms with van der Waals surface area (Å²) in [5, 5.41) is 2.97. The van der Waals surface area contributed by atoms with Gasteiger partial charge < -0.3 is 15.1 Å². The van der Waals surface area contributed by atoms with Gasteiger partial charge in [-0.05, 0) is 38.8 Å². The van der Waals surface area contributed by atoms with Crippen LogP contribution in [0.3, 0.4) is 0 Å². The molecule has 5 heteroatoms. The Bertz CT molecular complexity index is 448. The van der Waals surface area contributed by atoms with Crippen molar-refractivity contribution in [1.82, 2.24) is 9.88 Å². The molecule has 5 nitrogen and oxygen atoms in total. The van der Waals surface area contributed by atoms with Gasteiger partial charge in [0.25, 0.3) is 0 Å². The summed E-state index contributed by atoms with van der Waals surface area (Å²) in [4.78, 5) is 20.9. The van der Waals surface area contributed by atoms with Gasteiger partial charge in [-0.25, -0.2) is 9.78 Å². The number of pyridine rings is 1. The van der Waals surface area contributed by atoms with E-state index >= 15 is 0 Å². The Kier molecular flexibility index (Phi) is 6.49. The first-order valence-corrected chi connectivity index (χ1v) is 8.51. The van der Waals surface area contributed by atoms with Crippen LogP contribution in [0.25, 0.3) is 0 Å². The largest absolute Gasteiger partial charge is 0.357 e. The van der Waals surface area contributed by atoms with Crippen LogP contribution in [0.2, 0.25) is 0 Å². The highest BCUT2D eigenvalue weighted by Crippen LogP contribution is 2.15. The van der Waals surface area contributed by atoms with E-state index in [1.165, 1.54) is 19.3 Å². The van der Waals surface area contributed by atoms with Crippen molar-refractivity contribution in [3.63, 3.8) is 0 Å². The quantitative estimate of drug-likeness (QED) is 0.922. The molecule has 22 heavy (non-hydrogen) atoms. The average Bonchev–Trinajstić information content (AvgIpc) is 2.49. The minimum absolute atomic E-state index is 0.000658. The molecule has 0 atom stereocenters. The molecule has 1 aromatic rings. The second-order valence-electron chi connectivity index (χ2n) is 5.76. The van der Waals surface area contributed by atoms with Crippen LogP contribution in [0.15, 0.2) is 18.3 Å². The fraction of sp³-hybridized carbons (Fsp3) is 0.647. The van der Waals surface area contributed by atoms with Gasteiger partial charge in [-0.1, -0.05) is 19.3 Å². The number of nitrogens with one attached hydrogen (secondary N) is 1. The molecule has 1 aliphatic heterocycles. The van der Waals surface area contributed by atoms with E-state index in [0.717, 1.165) is 50.5 Å². The zero-order valence-corrected chi connectivity index (χ0v) is 13.8. The lowest BCUT2D eigenvalue weighted by atomic mass is 10.1. The van der Waals surface area contributed by atoms with Crippen LogP contribution in [-0.2, 0) is 0 Å². The minimum Gasteiger partial charge on any atom is -0.357 e. The van der Waals surface area contributed by atoms with Crippen LogP contribution in [-0.4, -0.2) is 42.1 Å². The summed E-state index contributed by atoms with van der Waals surface area (Å²) in [5.41, 5.74) is 0.767. The maximum atomic E-state index is 12.3. The number of rotatable bonds is 4. The monoisotopic (exact) mass is 304 g/mol. The topological polar surface area (TPSA) is 48.5 Å². The van der Waals surface area contributed by atoms with Gasteiger partial charge >= 0.3 is 6.03 Å². The van der Waals surface area contributed by atoms with Crippen LogP contribution in [0.4, 0.5) is 16.3 Å². The normalized spacial score (nSPS) is 15.8. The second kappa shape index (κ2) is 8.61. The van der Waals surface area contributed by atoms with E-state index in [0.29, 0.717) is 0 Å². The molecule has 1 aliphatic rings. The predicted octanol–water partition coefficient (Wildman–Crippen LogP) is 3.73. The molecule has 1 fully saturated rings. The molecule has 2 rings (SSSR count). The first kappa shape index (κ1) is 16.6. The summed E-state index contributed by atoms with van der Waals surface area (Å²) in [7, 11) is 0. The fourth-order valence-electron chi connectivity index (χ4n) is 2.85. The van der Waals surface area contributed by atoms with Crippen molar-refractivity contribution >= 4 is 17.5 Å². The van der Waals surface area contributed by atoms with Gasteiger partial charge in [-0.15, -0.1) is 0 Å². The minimum atomic E-state index is -0.000658. The number of likely N-dealkylation sites (tertiary alicyclic amines) is 1. The lowest BCUT2D eigenvalue weighted by Gasteiger charge is -2.25. The predicted molar refractivity (Wildman–Crippen MR) is 91.5 cm³/mol. The lowest BCUT2D eigenvalue weighted by Crippen LogP contribution is -2.37. The zero-order valence-electron chi connectivity index (χ0n) is 13.8. The summed E-state index contributed by atoms with van der Waals surface area (Å²) in [5.74, 6) is 0.953. The number of hydrogen-bond acceptors (Lipinski definition) is 3. The molecular formula is C17H28N4O. The number of amides is 2. The second-order valence-corrected chi connectivity index (χ2v) is 5.76. The smallest absolute Gasteiger partial charge is 0.321 e. The summed E-state index contributed by atoms with van der Waals surface area (Å²) in [6.45, 7) is 7.81. The van der Waals surface area contributed by atoms with Crippen molar-refractivity contribution in [2.45, 2.75) is 46.0 Å². The third-order valence-electron chi connectivity index (χ3n) is 4.23. The van der Waals surface area contributed by atoms with Gasteiger partial charge in [0.1, 0.15) is 5.82 Å². The Hall–Kier alpha value is -1.78. The lowest BCUT2D eigenvalue weighted by molar-refractivity contribution is 0.206. The van der Waals surface area contributed by atoms with Gasteiger partial charge in [-0.2, -0.15) is 0 Å². The molecular weight excluding hydrogens is 276 g/mol. The summed E-state index contributed by atoms with van der Waals surface area (Å²) < 4.78 is 0. The fourth-order valence-corrected chi connectivity index (χ4v) is 2.85. The van der Waals surface area contributed by atoms with Gasteiger partial charge in [0.15, 0.2) is 0 Å². The molecule has 0 saturated carbocycles. The van der Waals surface area contributed by atoms with Crippen LogP contribution in [0, 0.1) is 0 Å². The first-order valence-electron chi connectivity index (χ1n) is 8.51. The number of nitrogens with zero attached hydrogens (tertiary/aromatic N) is 3. The highest BCUT2D eigenvalue weighted by atomic mass is 16.2. The summed E-state index contributed by atoms with van der Waals surface area (Å²) in [6, 6.07) is 3.90. The van der Waals surface area contributed by atoms with Crippen LogP contribution < -0.4 is 10.2 Å². The van der Waals surface area contributed by atoms with Crippen molar-refractivity contribution in [2.75, 3.05) is 36.4 Å². The Morgan fingerprint density at radius 1 is 1.14 bits per heavy atom. The highest BCUT2D eigenvalue weighted by Gasteiger charge is 2.15. The van der Waals surface area contributed by atoms with Gasteiger partial charge in [-0.3, -0.25) is 0 Å². The number of urea groups is 1. The van der Waals surface area contributed by atoms with Crippen LogP contribution in [0.1, 0.15) is 46.0 Å². The number of hydrogen-bond donors (Lipinski definition) is 1. The molecule has 122 valence electrons. The summed E-state index contributed by atoms with van der Waals surface area (Å²) >= 11 is 0. The third kappa shape index (κ3) is 4.61. The van der Waals surface area contributed by atoms with E-state index < -0.39 is 0 Å². The van der Waals surface area contributed by atoms with E-state index in [2.05, 4.69) is 29.0 Å². The molecule has 0 unspecified atom stereocenters. The maximum Gasteiger partial charge on any atom is 0.321 e. The van der Waals surface area contributed by atoms with E-state index in [-0.39, 0.29) is 6.03 Å². The van der Waals surface area contributed by atoms with Crippen molar-refractivity contribution in [3.05, 3.63) is 18.3 Å². The van der Waals surface area contributed by atoms with E-state index in [9.17, 15) is 4.79 Å². The molecule has 0 aliphatic carbocycles. The summed E-state index contributed by atoms with van der Waals surface area (Å²) in [6.07, 6.45) is 7.70. The van der Waals surface area contributed by atoms with Crippen LogP contribution >= 0.6 is 0 Å². The Morgan fingerprint density at radius 2 is 1.77 bits per heavy atom. The van der Waals surface area contributed by atoms with Crippen molar-refractivity contribution < 1.29 is 4.79 Å². The molecule has 2 heterocycles. The van der Waals surface area contributed by atoms with Gasteiger partial charge in [0.2, 0.25) is 0 Å². The molecule has 2 amide bonds. The highest BCUT2D eigenvalue weighted by molar-refractivity contribution is 5.89. The first-order chi connectivity index (χ1) is 10.7. The molecule has 1 aromatic heterocycles. The number of aromatic nitrogens is 1. The molecule has 0 aromatic carbocycles. The Balaban J connectivity index is 1.93. The molecule has 1 saturated heterocycles. The Morgan fingerprint density at radius 3 is 2.32 bits per heavy atom. The standard InChI is InChI=1S/C17H28N4O/c1-3-20(4-2)16-11-10-15(14-18-16)19-17(22)21-12-8-6-5-7-9-13-21/h10-11,14H,3-9,12-13H2,1-2H3,(H,19,22). The number of carbonyl (C=O) groups is 1. The third-order valence-corrected chi connectivity index (χ3v) is 4.23. The van der Waals surface area contributed by atoms with E-state index in [1.807, 2.05) is 17.0 Å². The van der Waals surface area contributed by atoms with Crippen molar-refractivity contribution in [2.24, 2.45) is 0 Å². The molecule has 0 radical (unpaired) electrons. The van der Waals surface area contributed by atoms with Crippen LogP contribution in [0.5, 0.6) is 0 Å². The number of anilines is 2.